The predicted octanol–water partition coefficient (Wildman–Crippen LogP) is 3.28. The van der Waals surface area contributed by atoms with E-state index in [9.17, 15) is 4.39 Å². The minimum absolute atomic E-state index is 0.360. The smallest absolute Gasteiger partial charge is 0.183 e. The summed E-state index contributed by atoms with van der Waals surface area (Å²) < 4.78 is 18.9. The molecule has 0 saturated heterocycles. The van der Waals surface area contributed by atoms with Crippen LogP contribution in [0.2, 0.25) is 0 Å². The van der Waals surface area contributed by atoms with Gasteiger partial charge in [0.05, 0.1) is 6.61 Å². The Labute approximate surface area is 116 Å². The highest BCUT2D eigenvalue weighted by Gasteiger charge is 2.07. The molecule has 0 unspecified atom stereocenters. The van der Waals surface area contributed by atoms with E-state index in [1.807, 2.05) is 13.8 Å². The SMILES string of the molecule is CSC(=Nc1cc(F)ccc1OCC(C)C)NC#N. The highest BCUT2D eigenvalue weighted by atomic mass is 32.2. The third-order valence-corrected chi connectivity index (χ3v) is 2.65. The number of halogens is 1. The molecular weight excluding hydrogens is 265 g/mol. The summed E-state index contributed by atoms with van der Waals surface area (Å²) in [6.45, 7) is 4.57. The Morgan fingerprint density at radius 3 is 2.89 bits per heavy atom. The minimum Gasteiger partial charge on any atom is -0.491 e. The Bertz CT molecular complexity index is 497. The summed E-state index contributed by atoms with van der Waals surface area (Å²) in [6.07, 6.45) is 3.56. The van der Waals surface area contributed by atoms with E-state index in [0.29, 0.717) is 29.1 Å². The van der Waals surface area contributed by atoms with Gasteiger partial charge in [-0.2, -0.15) is 5.26 Å². The van der Waals surface area contributed by atoms with Gasteiger partial charge < -0.3 is 4.74 Å². The van der Waals surface area contributed by atoms with Crippen LogP contribution in [-0.2, 0) is 0 Å². The minimum atomic E-state index is -0.395. The molecule has 1 N–H and O–H groups in total. The molecule has 0 radical (unpaired) electrons. The van der Waals surface area contributed by atoms with Gasteiger partial charge in [0.2, 0.25) is 0 Å². The second-order valence-corrected chi connectivity index (χ2v) is 4.97. The van der Waals surface area contributed by atoms with Crippen LogP contribution in [0, 0.1) is 23.2 Å². The lowest BCUT2D eigenvalue weighted by molar-refractivity contribution is 0.272. The first kappa shape index (κ1) is 15.3. The van der Waals surface area contributed by atoms with Gasteiger partial charge in [0.25, 0.3) is 0 Å². The molecule has 0 aliphatic heterocycles. The van der Waals surface area contributed by atoms with Gasteiger partial charge in [0, 0.05) is 6.07 Å². The number of amidine groups is 1. The second-order valence-electron chi connectivity index (χ2n) is 4.17. The van der Waals surface area contributed by atoms with Gasteiger partial charge in [-0.05, 0) is 24.3 Å². The van der Waals surface area contributed by atoms with Gasteiger partial charge >= 0.3 is 0 Å². The summed E-state index contributed by atoms with van der Waals surface area (Å²) in [5.74, 6) is 0.466. The second kappa shape index (κ2) is 7.64. The Morgan fingerprint density at radius 2 is 2.32 bits per heavy atom. The normalized spacial score (nSPS) is 11.3. The van der Waals surface area contributed by atoms with E-state index in [4.69, 9.17) is 10.00 Å². The molecule has 1 aromatic carbocycles. The molecule has 0 saturated carbocycles. The van der Waals surface area contributed by atoms with E-state index < -0.39 is 5.82 Å². The fraction of sp³-hybridized carbons (Fsp3) is 0.385. The number of hydrogen-bond acceptors (Lipinski definition) is 4. The van der Waals surface area contributed by atoms with Crippen LogP contribution in [0.15, 0.2) is 23.2 Å². The van der Waals surface area contributed by atoms with Crippen LogP contribution in [0.3, 0.4) is 0 Å². The Hall–Kier alpha value is -1.74. The summed E-state index contributed by atoms with van der Waals surface area (Å²) in [6, 6.07) is 4.15. The van der Waals surface area contributed by atoms with E-state index in [-0.39, 0.29) is 0 Å². The highest BCUT2D eigenvalue weighted by molar-refractivity contribution is 8.13. The monoisotopic (exact) mass is 281 g/mol. The van der Waals surface area contributed by atoms with Crippen LogP contribution in [-0.4, -0.2) is 18.0 Å². The number of hydrogen-bond donors (Lipinski definition) is 1. The largest absolute Gasteiger partial charge is 0.491 e. The van der Waals surface area contributed by atoms with Gasteiger partial charge in [0.15, 0.2) is 11.4 Å². The Morgan fingerprint density at radius 1 is 1.58 bits per heavy atom. The Kier molecular flexibility index (Phi) is 6.16. The molecule has 4 nitrogen and oxygen atoms in total. The zero-order chi connectivity index (χ0) is 14.3. The van der Waals surface area contributed by atoms with Crippen molar-refractivity contribution in [3.05, 3.63) is 24.0 Å². The molecule has 102 valence electrons. The standard InChI is InChI=1S/C13H16FN3OS/c1-9(2)7-18-12-5-4-10(14)6-11(12)17-13(19-3)16-8-15/h4-6,9H,7H2,1-3H3,(H,16,17). The van der Waals surface area contributed by atoms with E-state index >= 15 is 0 Å². The van der Waals surface area contributed by atoms with Gasteiger partial charge in [-0.15, -0.1) is 0 Å². The molecule has 0 aliphatic carbocycles. The summed E-state index contributed by atoms with van der Waals surface area (Å²) in [7, 11) is 0. The molecule has 0 atom stereocenters. The van der Waals surface area contributed by atoms with Crippen molar-refractivity contribution in [2.75, 3.05) is 12.9 Å². The quantitative estimate of drug-likeness (QED) is 0.398. The summed E-state index contributed by atoms with van der Waals surface area (Å²) in [5, 5.41) is 11.4. The molecule has 1 rings (SSSR count). The zero-order valence-electron chi connectivity index (χ0n) is 11.1. The van der Waals surface area contributed by atoms with Crippen LogP contribution in [0.5, 0.6) is 5.75 Å². The molecular formula is C13H16FN3OS. The van der Waals surface area contributed by atoms with E-state index in [0.717, 1.165) is 0 Å². The molecule has 0 bridgehead atoms. The number of rotatable bonds is 4. The number of thioether (sulfide) groups is 1. The van der Waals surface area contributed by atoms with Crippen molar-refractivity contribution in [3.8, 4) is 11.9 Å². The topological polar surface area (TPSA) is 57.4 Å². The van der Waals surface area contributed by atoms with Crippen molar-refractivity contribution in [3.63, 3.8) is 0 Å². The van der Waals surface area contributed by atoms with Crippen LogP contribution in [0.4, 0.5) is 10.1 Å². The van der Waals surface area contributed by atoms with Crippen molar-refractivity contribution >= 4 is 22.6 Å². The lowest BCUT2D eigenvalue weighted by atomic mass is 10.2. The number of ether oxygens (including phenoxy) is 1. The number of nitrogens with zero attached hydrogens (tertiary/aromatic N) is 2. The molecule has 1 aromatic rings. The van der Waals surface area contributed by atoms with Gasteiger partial charge in [-0.1, -0.05) is 25.6 Å². The van der Waals surface area contributed by atoms with Crippen molar-refractivity contribution in [1.29, 1.82) is 5.26 Å². The third kappa shape index (κ3) is 5.18. The van der Waals surface area contributed by atoms with Crippen molar-refractivity contribution < 1.29 is 9.13 Å². The Balaban J connectivity index is 3.03. The lowest BCUT2D eigenvalue weighted by Crippen LogP contribution is -2.12. The molecule has 0 heterocycles. The summed E-state index contributed by atoms with van der Waals surface area (Å²) in [4.78, 5) is 4.19. The van der Waals surface area contributed by atoms with Crippen LogP contribution < -0.4 is 10.1 Å². The lowest BCUT2D eigenvalue weighted by Gasteiger charge is -2.11. The first-order valence-corrected chi connectivity index (χ1v) is 6.99. The molecule has 6 heteroatoms. The van der Waals surface area contributed by atoms with E-state index in [1.54, 1.807) is 18.5 Å². The first-order valence-electron chi connectivity index (χ1n) is 5.77. The van der Waals surface area contributed by atoms with Gasteiger partial charge in [-0.3, -0.25) is 5.32 Å². The number of nitriles is 1. The fourth-order valence-corrected chi connectivity index (χ4v) is 1.58. The maximum absolute atomic E-state index is 13.3. The molecule has 0 amide bonds. The molecule has 0 fully saturated rings. The fourth-order valence-electron chi connectivity index (χ4n) is 1.24. The third-order valence-electron chi connectivity index (χ3n) is 2.07. The van der Waals surface area contributed by atoms with E-state index in [2.05, 4.69) is 10.3 Å². The summed E-state index contributed by atoms with van der Waals surface area (Å²) in [5.41, 5.74) is 0.368. The maximum Gasteiger partial charge on any atom is 0.183 e. The highest BCUT2D eigenvalue weighted by Crippen LogP contribution is 2.29. The van der Waals surface area contributed by atoms with Crippen LogP contribution in [0.25, 0.3) is 0 Å². The first-order chi connectivity index (χ1) is 9.06. The molecule has 0 aliphatic rings. The zero-order valence-corrected chi connectivity index (χ0v) is 11.9. The van der Waals surface area contributed by atoms with Gasteiger partial charge in [0.1, 0.15) is 17.3 Å². The molecule has 0 aromatic heterocycles. The van der Waals surface area contributed by atoms with Crippen molar-refractivity contribution in [2.45, 2.75) is 13.8 Å². The van der Waals surface area contributed by atoms with E-state index in [1.165, 1.54) is 23.9 Å². The number of aliphatic imine (C=N–C) groups is 1. The van der Waals surface area contributed by atoms with Crippen LogP contribution >= 0.6 is 11.8 Å². The summed E-state index contributed by atoms with van der Waals surface area (Å²) >= 11 is 1.27. The number of benzene rings is 1. The predicted molar refractivity (Wildman–Crippen MR) is 76.1 cm³/mol. The average Bonchev–Trinajstić information content (AvgIpc) is 2.37. The molecule has 19 heavy (non-hydrogen) atoms. The van der Waals surface area contributed by atoms with Crippen LogP contribution in [0.1, 0.15) is 13.8 Å². The molecule has 0 spiro atoms. The van der Waals surface area contributed by atoms with Crippen molar-refractivity contribution in [1.82, 2.24) is 5.32 Å². The maximum atomic E-state index is 13.3. The van der Waals surface area contributed by atoms with Gasteiger partial charge in [-0.25, -0.2) is 9.38 Å². The number of nitrogens with one attached hydrogen (secondary N) is 1. The average molecular weight is 281 g/mol. The van der Waals surface area contributed by atoms with Crippen molar-refractivity contribution in [2.24, 2.45) is 10.9 Å².